The lowest BCUT2D eigenvalue weighted by Crippen LogP contribution is -2.50. The maximum atomic E-state index is 13.1. The molecule has 0 spiro atoms. The number of nitrogens with zero attached hydrogens (tertiary/aromatic N) is 1. The zero-order valence-corrected chi connectivity index (χ0v) is 24.1. The number of rotatable bonds is 13. The first-order chi connectivity index (χ1) is 19.7. The number of hydrogen-bond acceptors (Lipinski definition) is 8. The van der Waals surface area contributed by atoms with Crippen molar-refractivity contribution < 1.29 is 33.3 Å². The van der Waals surface area contributed by atoms with Gasteiger partial charge in [-0.1, -0.05) is 53.5 Å². The van der Waals surface area contributed by atoms with Crippen molar-refractivity contribution in [3.63, 3.8) is 0 Å². The van der Waals surface area contributed by atoms with Gasteiger partial charge in [-0.2, -0.15) is 5.10 Å². The Morgan fingerprint density at radius 1 is 0.927 bits per heavy atom. The van der Waals surface area contributed by atoms with E-state index in [2.05, 4.69) is 20.6 Å². The van der Waals surface area contributed by atoms with Crippen molar-refractivity contribution in [3.05, 3.63) is 87.9 Å². The van der Waals surface area contributed by atoms with Crippen LogP contribution in [0, 0.1) is 0 Å². The lowest BCUT2D eigenvalue weighted by Gasteiger charge is -2.21. The average molecular weight is 602 g/mol. The minimum absolute atomic E-state index is 0.211. The van der Waals surface area contributed by atoms with Crippen LogP contribution in [-0.4, -0.2) is 57.0 Å². The van der Waals surface area contributed by atoms with Crippen LogP contribution >= 0.6 is 23.2 Å². The minimum Gasteiger partial charge on any atom is -0.493 e. The van der Waals surface area contributed by atoms with Crippen LogP contribution < -0.4 is 25.0 Å². The van der Waals surface area contributed by atoms with Gasteiger partial charge in [-0.15, -0.1) is 0 Å². The fourth-order valence-corrected chi connectivity index (χ4v) is 3.94. The Hall–Kier alpha value is -4.28. The van der Waals surface area contributed by atoms with E-state index in [9.17, 15) is 14.4 Å². The quantitative estimate of drug-likeness (QED) is 0.171. The summed E-state index contributed by atoms with van der Waals surface area (Å²) in [6.07, 6.45) is 0.651. The molecule has 3 aromatic carbocycles. The second kappa shape index (κ2) is 15.5. The number of nitrogens with one attached hydrogen (secondary N) is 2. The van der Waals surface area contributed by atoms with Gasteiger partial charge >= 0.3 is 5.97 Å². The lowest BCUT2D eigenvalue weighted by molar-refractivity contribution is -0.143. The van der Waals surface area contributed by atoms with Gasteiger partial charge in [0.15, 0.2) is 24.2 Å². The summed E-state index contributed by atoms with van der Waals surface area (Å²) in [6, 6.07) is 17.8. The van der Waals surface area contributed by atoms with Crippen LogP contribution in [-0.2, 0) is 25.5 Å². The Morgan fingerprint density at radius 2 is 1.66 bits per heavy atom. The number of amides is 2. The van der Waals surface area contributed by atoms with Crippen LogP contribution in [0.1, 0.15) is 18.1 Å². The monoisotopic (exact) mass is 601 g/mol. The van der Waals surface area contributed by atoms with E-state index in [0.29, 0.717) is 22.1 Å². The molecular formula is C29H29Cl2N3O7. The second-order valence-electron chi connectivity index (χ2n) is 8.60. The van der Waals surface area contributed by atoms with Crippen LogP contribution in [0.25, 0.3) is 0 Å². The third-order valence-electron chi connectivity index (χ3n) is 5.63. The topological polar surface area (TPSA) is 125 Å². The molecule has 10 nitrogen and oxygen atoms in total. The van der Waals surface area contributed by atoms with Crippen molar-refractivity contribution in [1.82, 2.24) is 10.7 Å². The molecule has 3 aromatic rings. The van der Waals surface area contributed by atoms with Gasteiger partial charge in [0.05, 0.1) is 25.5 Å². The molecule has 12 heteroatoms. The molecule has 216 valence electrons. The summed E-state index contributed by atoms with van der Waals surface area (Å²) >= 11 is 12.1. The summed E-state index contributed by atoms with van der Waals surface area (Å²) in [5, 5.41) is 7.44. The number of halogens is 2. The molecule has 0 fully saturated rings. The largest absolute Gasteiger partial charge is 0.493 e. The molecule has 0 saturated heterocycles. The van der Waals surface area contributed by atoms with Gasteiger partial charge in [-0.25, -0.2) is 10.2 Å². The van der Waals surface area contributed by atoms with Crippen LogP contribution in [0.15, 0.2) is 71.8 Å². The van der Waals surface area contributed by atoms with Crippen LogP contribution in [0.4, 0.5) is 0 Å². The second-order valence-corrected chi connectivity index (χ2v) is 9.44. The van der Waals surface area contributed by atoms with E-state index in [1.165, 1.54) is 26.5 Å². The zero-order chi connectivity index (χ0) is 29.8. The zero-order valence-electron chi connectivity index (χ0n) is 22.6. The standard InChI is InChI=1S/C29H29Cl2N3O7/c1-18(41-24-12-10-21(30)15-22(24)31)28(36)33-23(13-19-7-5-4-6-8-19)29(37)34-32-16-20-9-11-25(26(14-20)38-2)40-17-27(35)39-3/h4-12,14-16,18,23H,13,17H2,1-3H3,(H,33,36)(H,34,37)/b32-16-/t18-,23+/m0/s1. The highest BCUT2D eigenvalue weighted by Gasteiger charge is 2.25. The average Bonchev–Trinajstić information content (AvgIpc) is 2.97. The third-order valence-corrected chi connectivity index (χ3v) is 6.16. The van der Waals surface area contributed by atoms with Crippen molar-refractivity contribution in [2.45, 2.75) is 25.5 Å². The molecule has 0 aliphatic rings. The van der Waals surface area contributed by atoms with Crippen LogP contribution in [0.3, 0.4) is 0 Å². The van der Waals surface area contributed by atoms with Crippen LogP contribution in [0.2, 0.25) is 10.0 Å². The molecule has 0 bridgehead atoms. The van der Waals surface area contributed by atoms with E-state index in [1.807, 2.05) is 30.3 Å². The fraction of sp³-hybridized carbons (Fsp3) is 0.241. The molecule has 2 N–H and O–H groups in total. The Kier molecular flexibility index (Phi) is 11.8. The van der Waals surface area contributed by atoms with E-state index in [0.717, 1.165) is 5.56 Å². The smallest absolute Gasteiger partial charge is 0.343 e. The molecule has 41 heavy (non-hydrogen) atoms. The summed E-state index contributed by atoms with van der Waals surface area (Å²) in [6.45, 7) is 1.27. The van der Waals surface area contributed by atoms with Crippen molar-refractivity contribution in [1.29, 1.82) is 0 Å². The molecule has 2 atom stereocenters. The minimum atomic E-state index is -0.962. The maximum Gasteiger partial charge on any atom is 0.343 e. The van der Waals surface area contributed by atoms with E-state index in [1.54, 1.807) is 37.3 Å². The van der Waals surface area contributed by atoms with Crippen molar-refractivity contribution >= 4 is 47.2 Å². The maximum absolute atomic E-state index is 13.1. The molecule has 0 aliphatic heterocycles. The first-order valence-corrected chi connectivity index (χ1v) is 13.1. The number of methoxy groups -OCH3 is 2. The Labute approximate surface area is 247 Å². The fourth-order valence-electron chi connectivity index (χ4n) is 3.49. The van der Waals surface area contributed by atoms with Gasteiger partial charge in [0.25, 0.3) is 11.8 Å². The van der Waals surface area contributed by atoms with E-state index in [4.69, 9.17) is 37.4 Å². The van der Waals surface area contributed by atoms with Gasteiger partial charge in [0.2, 0.25) is 0 Å². The van der Waals surface area contributed by atoms with Gasteiger partial charge in [-0.05, 0) is 54.4 Å². The Bertz CT molecular complexity index is 1390. The number of hydrogen-bond donors (Lipinski definition) is 2. The molecule has 0 saturated carbocycles. The number of benzene rings is 3. The first kappa shape index (κ1) is 31.3. The Morgan fingerprint density at radius 3 is 2.34 bits per heavy atom. The third kappa shape index (κ3) is 9.70. The number of esters is 1. The number of carbonyl (C=O) groups excluding carboxylic acids is 3. The van der Waals surface area contributed by atoms with E-state index in [-0.39, 0.29) is 23.8 Å². The van der Waals surface area contributed by atoms with Gasteiger partial charge in [0, 0.05) is 11.4 Å². The van der Waals surface area contributed by atoms with Gasteiger partial charge < -0.3 is 24.3 Å². The highest BCUT2D eigenvalue weighted by molar-refractivity contribution is 6.35. The molecule has 0 aromatic heterocycles. The number of hydrazone groups is 1. The predicted molar refractivity (Wildman–Crippen MR) is 155 cm³/mol. The number of ether oxygens (including phenoxy) is 4. The van der Waals surface area contributed by atoms with Crippen molar-refractivity contribution in [3.8, 4) is 17.2 Å². The molecule has 0 unspecified atom stereocenters. The predicted octanol–water partition coefficient (Wildman–Crippen LogP) is 4.20. The molecule has 2 amide bonds. The van der Waals surface area contributed by atoms with Crippen molar-refractivity contribution in [2.24, 2.45) is 5.10 Å². The lowest BCUT2D eigenvalue weighted by atomic mass is 10.1. The van der Waals surface area contributed by atoms with Crippen LogP contribution in [0.5, 0.6) is 17.2 Å². The molecule has 3 rings (SSSR count). The Balaban J connectivity index is 1.68. The summed E-state index contributed by atoms with van der Waals surface area (Å²) in [4.78, 5) is 37.4. The normalized spacial score (nSPS) is 12.2. The highest BCUT2D eigenvalue weighted by atomic mass is 35.5. The van der Waals surface area contributed by atoms with Gasteiger partial charge in [0.1, 0.15) is 11.8 Å². The summed E-state index contributed by atoms with van der Waals surface area (Å²) < 4.78 is 21.0. The SMILES string of the molecule is COC(=O)COc1ccc(/C=N\NC(=O)[C@@H](Cc2ccccc2)NC(=O)[C@H](C)Oc2ccc(Cl)cc2Cl)cc1OC. The van der Waals surface area contributed by atoms with E-state index >= 15 is 0 Å². The number of carbonyl (C=O) groups is 3. The molecule has 0 aliphatic carbocycles. The summed E-state index contributed by atoms with van der Waals surface area (Å²) in [5.41, 5.74) is 3.88. The summed E-state index contributed by atoms with van der Waals surface area (Å²) in [7, 11) is 2.71. The molecule has 0 radical (unpaired) electrons. The molecular weight excluding hydrogens is 573 g/mol. The van der Waals surface area contributed by atoms with Gasteiger partial charge in [-0.3, -0.25) is 9.59 Å². The van der Waals surface area contributed by atoms with Crippen molar-refractivity contribution in [2.75, 3.05) is 20.8 Å². The van der Waals surface area contributed by atoms with E-state index < -0.39 is 29.9 Å². The molecule has 0 heterocycles. The highest BCUT2D eigenvalue weighted by Crippen LogP contribution is 2.29. The summed E-state index contributed by atoms with van der Waals surface area (Å²) in [5.74, 6) is -0.630. The first-order valence-electron chi connectivity index (χ1n) is 12.4.